The standard InChI is InChI=1S/C27H28N2O5/c1-19-6-5-7-23(16-19)33-15-4-3-14-29-24-17-21(10-13-25(24)34-18-26(29)30)28-27(31)20-8-11-22(32-2)12-9-20/h5-13,16-17H,3-4,14-15,18H2,1-2H3,(H,28,31). The summed E-state index contributed by atoms with van der Waals surface area (Å²) in [5.74, 6) is 1.81. The Labute approximate surface area is 199 Å². The maximum atomic E-state index is 12.6. The van der Waals surface area contributed by atoms with Gasteiger partial charge in [0, 0.05) is 17.8 Å². The third-order valence-corrected chi connectivity index (χ3v) is 5.55. The van der Waals surface area contributed by atoms with Crippen LogP contribution in [-0.2, 0) is 4.79 Å². The van der Waals surface area contributed by atoms with E-state index in [1.165, 1.54) is 0 Å². The van der Waals surface area contributed by atoms with Crippen LogP contribution in [0.15, 0.2) is 66.7 Å². The van der Waals surface area contributed by atoms with Crippen molar-refractivity contribution in [2.24, 2.45) is 0 Å². The van der Waals surface area contributed by atoms with Gasteiger partial charge >= 0.3 is 0 Å². The molecule has 0 saturated carbocycles. The molecule has 0 aromatic heterocycles. The van der Waals surface area contributed by atoms with E-state index in [0.29, 0.717) is 41.6 Å². The van der Waals surface area contributed by atoms with Gasteiger partial charge in [0.25, 0.3) is 11.8 Å². The highest BCUT2D eigenvalue weighted by molar-refractivity contribution is 6.05. The van der Waals surface area contributed by atoms with Crippen LogP contribution < -0.4 is 24.4 Å². The topological polar surface area (TPSA) is 77.1 Å². The number of aryl methyl sites for hydroxylation is 1. The van der Waals surface area contributed by atoms with Gasteiger partial charge in [0.15, 0.2) is 6.61 Å². The van der Waals surface area contributed by atoms with E-state index in [2.05, 4.69) is 5.32 Å². The van der Waals surface area contributed by atoms with Crippen molar-refractivity contribution in [3.8, 4) is 17.2 Å². The molecular formula is C27H28N2O5. The number of amides is 2. The second kappa shape index (κ2) is 10.7. The average Bonchev–Trinajstić information content (AvgIpc) is 2.85. The van der Waals surface area contributed by atoms with Gasteiger partial charge in [-0.3, -0.25) is 9.59 Å². The molecule has 7 nitrogen and oxygen atoms in total. The maximum Gasteiger partial charge on any atom is 0.265 e. The van der Waals surface area contributed by atoms with Gasteiger partial charge in [0.2, 0.25) is 0 Å². The van der Waals surface area contributed by atoms with Crippen molar-refractivity contribution in [3.05, 3.63) is 77.9 Å². The minimum atomic E-state index is -0.245. The number of fused-ring (bicyclic) bond motifs is 1. The van der Waals surface area contributed by atoms with E-state index < -0.39 is 0 Å². The first kappa shape index (κ1) is 23.2. The maximum absolute atomic E-state index is 12.6. The Morgan fingerprint density at radius 2 is 1.85 bits per heavy atom. The van der Waals surface area contributed by atoms with E-state index >= 15 is 0 Å². The molecule has 0 aliphatic carbocycles. The van der Waals surface area contributed by atoms with Crippen molar-refractivity contribution in [2.75, 3.05) is 37.1 Å². The smallest absolute Gasteiger partial charge is 0.265 e. The third-order valence-electron chi connectivity index (χ3n) is 5.55. The highest BCUT2D eigenvalue weighted by atomic mass is 16.5. The second-order valence-electron chi connectivity index (χ2n) is 8.07. The van der Waals surface area contributed by atoms with Crippen molar-refractivity contribution >= 4 is 23.2 Å². The molecule has 2 amide bonds. The molecule has 0 saturated heterocycles. The van der Waals surface area contributed by atoms with E-state index in [-0.39, 0.29) is 18.4 Å². The quantitative estimate of drug-likeness (QED) is 0.463. The zero-order valence-electron chi connectivity index (χ0n) is 19.4. The third kappa shape index (κ3) is 5.67. The summed E-state index contributed by atoms with van der Waals surface area (Å²) in [6, 6.07) is 20.1. The Morgan fingerprint density at radius 3 is 2.62 bits per heavy atom. The van der Waals surface area contributed by atoms with Crippen LogP contribution in [0, 0.1) is 6.92 Å². The monoisotopic (exact) mass is 460 g/mol. The van der Waals surface area contributed by atoms with Gasteiger partial charge in [-0.25, -0.2) is 0 Å². The number of hydrogen-bond acceptors (Lipinski definition) is 5. The van der Waals surface area contributed by atoms with Gasteiger partial charge < -0.3 is 24.4 Å². The lowest BCUT2D eigenvalue weighted by atomic mass is 10.1. The second-order valence-corrected chi connectivity index (χ2v) is 8.07. The van der Waals surface area contributed by atoms with Gasteiger partial charge in [0.05, 0.1) is 19.4 Å². The van der Waals surface area contributed by atoms with Crippen LogP contribution in [0.3, 0.4) is 0 Å². The molecule has 4 rings (SSSR count). The number of rotatable bonds is 9. The summed E-state index contributed by atoms with van der Waals surface area (Å²) in [6.07, 6.45) is 1.58. The molecule has 1 aliphatic heterocycles. The Morgan fingerprint density at radius 1 is 1.03 bits per heavy atom. The fraction of sp³-hybridized carbons (Fsp3) is 0.259. The lowest BCUT2D eigenvalue weighted by Crippen LogP contribution is -2.39. The summed E-state index contributed by atoms with van der Waals surface area (Å²) in [7, 11) is 1.58. The van der Waals surface area contributed by atoms with Crippen LogP contribution in [0.1, 0.15) is 28.8 Å². The predicted octanol–water partition coefficient (Wildman–Crippen LogP) is 4.84. The number of carbonyl (C=O) groups excluding carboxylic acids is 2. The number of hydrogen-bond donors (Lipinski definition) is 1. The first-order chi connectivity index (χ1) is 16.5. The largest absolute Gasteiger partial charge is 0.497 e. The predicted molar refractivity (Wildman–Crippen MR) is 131 cm³/mol. The molecule has 0 bridgehead atoms. The lowest BCUT2D eigenvalue weighted by molar-refractivity contribution is -0.121. The number of carbonyl (C=O) groups is 2. The molecule has 7 heteroatoms. The molecule has 0 unspecified atom stereocenters. The van der Waals surface area contributed by atoms with Crippen molar-refractivity contribution < 1.29 is 23.8 Å². The number of benzene rings is 3. The number of anilines is 2. The van der Waals surface area contributed by atoms with E-state index in [4.69, 9.17) is 14.2 Å². The summed E-state index contributed by atoms with van der Waals surface area (Å²) >= 11 is 0. The van der Waals surface area contributed by atoms with Crippen LogP contribution in [0.4, 0.5) is 11.4 Å². The molecule has 0 radical (unpaired) electrons. The molecule has 0 atom stereocenters. The van der Waals surface area contributed by atoms with Gasteiger partial charge in [0.1, 0.15) is 17.2 Å². The van der Waals surface area contributed by atoms with Crippen molar-refractivity contribution in [2.45, 2.75) is 19.8 Å². The molecule has 1 aliphatic rings. The fourth-order valence-electron chi connectivity index (χ4n) is 3.74. The number of nitrogens with one attached hydrogen (secondary N) is 1. The highest BCUT2D eigenvalue weighted by Crippen LogP contribution is 2.35. The number of nitrogens with zero attached hydrogens (tertiary/aromatic N) is 1. The Kier molecular flexibility index (Phi) is 7.32. The SMILES string of the molecule is COc1ccc(C(=O)Nc2ccc3c(c2)N(CCCCOc2cccc(C)c2)C(=O)CO3)cc1. The van der Waals surface area contributed by atoms with Crippen molar-refractivity contribution in [1.82, 2.24) is 0 Å². The highest BCUT2D eigenvalue weighted by Gasteiger charge is 2.25. The summed E-state index contributed by atoms with van der Waals surface area (Å²) in [5.41, 5.74) is 2.91. The molecule has 34 heavy (non-hydrogen) atoms. The van der Waals surface area contributed by atoms with Crippen LogP contribution in [0.2, 0.25) is 0 Å². The minimum Gasteiger partial charge on any atom is -0.497 e. The van der Waals surface area contributed by atoms with Crippen molar-refractivity contribution in [1.29, 1.82) is 0 Å². The molecule has 0 fully saturated rings. The van der Waals surface area contributed by atoms with Gasteiger partial charge in [-0.2, -0.15) is 0 Å². The minimum absolute atomic E-state index is 0.00431. The zero-order valence-corrected chi connectivity index (χ0v) is 19.4. The first-order valence-electron chi connectivity index (χ1n) is 11.3. The Hall–Kier alpha value is -4.00. The number of unbranched alkanes of at least 4 members (excludes halogenated alkanes) is 1. The first-order valence-corrected chi connectivity index (χ1v) is 11.3. The van der Waals surface area contributed by atoms with E-state index in [1.54, 1.807) is 54.5 Å². The molecule has 1 heterocycles. The lowest BCUT2D eigenvalue weighted by Gasteiger charge is -2.30. The van der Waals surface area contributed by atoms with E-state index in [9.17, 15) is 9.59 Å². The van der Waals surface area contributed by atoms with Crippen LogP contribution in [0.5, 0.6) is 17.2 Å². The number of ether oxygens (including phenoxy) is 3. The summed E-state index contributed by atoms with van der Waals surface area (Å²) in [4.78, 5) is 26.9. The molecule has 1 N–H and O–H groups in total. The molecular weight excluding hydrogens is 432 g/mol. The zero-order chi connectivity index (χ0) is 23.9. The molecule has 0 spiro atoms. The van der Waals surface area contributed by atoms with E-state index in [1.807, 2.05) is 31.2 Å². The average molecular weight is 461 g/mol. The Bertz CT molecular complexity index is 1160. The molecule has 3 aromatic carbocycles. The van der Waals surface area contributed by atoms with Crippen LogP contribution in [0.25, 0.3) is 0 Å². The summed E-state index contributed by atoms with van der Waals surface area (Å²) in [6.45, 7) is 3.15. The number of methoxy groups -OCH3 is 1. The Balaban J connectivity index is 1.37. The van der Waals surface area contributed by atoms with Gasteiger partial charge in [-0.1, -0.05) is 12.1 Å². The van der Waals surface area contributed by atoms with Crippen molar-refractivity contribution in [3.63, 3.8) is 0 Å². The molecule has 3 aromatic rings. The van der Waals surface area contributed by atoms with Crippen LogP contribution >= 0.6 is 0 Å². The summed E-state index contributed by atoms with van der Waals surface area (Å²) in [5, 5.41) is 2.89. The van der Waals surface area contributed by atoms with E-state index in [0.717, 1.165) is 24.2 Å². The van der Waals surface area contributed by atoms with Crippen LogP contribution in [-0.4, -0.2) is 38.7 Å². The normalized spacial score (nSPS) is 12.5. The fourth-order valence-corrected chi connectivity index (χ4v) is 3.74. The van der Waals surface area contributed by atoms with Gasteiger partial charge in [-0.05, 0) is 79.9 Å². The van der Waals surface area contributed by atoms with Gasteiger partial charge in [-0.15, -0.1) is 0 Å². The summed E-state index contributed by atoms with van der Waals surface area (Å²) < 4.78 is 16.5. The molecule has 176 valence electrons.